The average Bonchev–Trinajstić information content (AvgIpc) is 3.51. The molecule has 1 saturated heterocycles. The molecular weight excluding hydrogens is 505 g/mol. The van der Waals surface area contributed by atoms with Crippen molar-refractivity contribution in [3.8, 4) is 28.7 Å². The van der Waals surface area contributed by atoms with Crippen LogP contribution in [-0.2, 0) is 9.53 Å². The molecule has 0 bridgehead atoms. The molecule has 2 aliphatic heterocycles. The second-order valence-corrected chi connectivity index (χ2v) is 9.50. The van der Waals surface area contributed by atoms with E-state index in [2.05, 4.69) is 5.32 Å². The van der Waals surface area contributed by atoms with Crippen LogP contribution in [0.15, 0.2) is 42.5 Å². The maximum absolute atomic E-state index is 13.6. The van der Waals surface area contributed by atoms with Gasteiger partial charge in [0.15, 0.2) is 23.0 Å². The fourth-order valence-electron chi connectivity index (χ4n) is 5.64. The number of hydrogen-bond acceptors (Lipinski definition) is 8. The number of esters is 1. The molecule has 0 radical (unpaired) electrons. The molecule has 2 heterocycles. The standard InChI is InChI=1S/C27H23ClFNO7/c1-33-20-9-16(23(28)26(34-2)25(20)31)21-14-7-18-19(37-11-36-18)8-15(14)24(17-10-35-27(32)22(17)21)30-13-5-3-12(29)4-6-13/h3-9,17,21-22,24,30-31H,10-11H2,1-2H3/t17-,21-,22-,24+/m0/s1. The fourth-order valence-corrected chi connectivity index (χ4v) is 5.97. The summed E-state index contributed by atoms with van der Waals surface area (Å²) in [5.41, 5.74) is 2.88. The van der Waals surface area contributed by atoms with E-state index in [0.29, 0.717) is 22.7 Å². The van der Waals surface area contributed by atoms with Gasteiger partial charge in [0.25, 0.3) is 0 Å². The van der Waals surface area contributed by atoms with Crippen LogP contribution in [0, 0.1) is 17.7 Å². The fraction of sp³-hybridized carbons (Fsp3) is 0.296. The number of benzene rings is 3. The molecule has 0 unspecified atom stereocenters. The maximum atomic E-state index is 13.6. The molecule has 2 N–H and O–H groups in total. The van der Waals surface area contributed by atoms with E-state index in [1.54, 1.807) is 18.2 Å². The number of nitrogens with one attached hydrogen (secondary N) is 1. The molecule has 192 valence electrons. The molecule has 6 rings (SSSR count). The topological polar surface area (TPSA) is 95.5 Å². The van der Waals surface area contributed by atoms with Crippen molar-refractivity contribution in [2.24, 2.45) is 11.8 Å². The SMILES string of the molecule is COc1cc([C@@H]2c3cc4c(cc3[C@@H](Nc3ccc(F)cc3)[C@H]3COC(=O)[C@H]23)OCO4)c(Cl)c(OC)c1O. The quantitative estimate of drug-likeness (QED) is 0.447. The third-order valence-electron chi connectivity index (χ3n) is 7.30. The summed E-state index contributed by atoms with van der Waals surface area (Å²) in [5.74, 6) is -1.10. The van der Waals surface area contributed by atoms with E-state index in [1.165, 1.54) is 26.4 Å². The predicted octanol–water partition coefficient (Wildman–Crippen LogP) is 5.02. The minimum Gasteiger partial charge on any atom is -0.502 e. The van der Waals surface area contributed by atoms with Gasteiger partial charge in [0.1, 0.15) is 5.82 Å². The number of halogens is 2. The predicted molar refractivity (Wildman–Crippen MR) is 131 cm³/mol. The Bertz CT molecular complexity index is 1400. The minimum atomic E-state index is -0.623. The largest absolute Gasteiger partial charge is 0.502 e. The number of anilines is 1. The summed E-state index contributed by atoms with van der Waals surface area (Å²) >= 11 is 6.78. The zero-order valence-electron chi connectivity index (χ0n) is 19.9. The van der Waals surface area contributed by atoms with Crippen molar-refractivity contribution >= 4 is 23.3 Å². The van der Waals surface area contributed by atoms with Crippen LogP contribution in [0.25, 0.3) is 0 Å². The third kappa shape index (κ3) is 3.68. The van der Waals surface area contributed by atoms with Gasteiger partial charge in [0.2, 0.25) is 12.5 Å². The molecule has 4 atom stereocenters. The van der Waals surface area contributed by atoms with E-state index < -0.39 is 11.8 Å². The van der Waals surface area contributed by atoms with Crippen LogP contribution in [-0.4, -0.2) is 38.7 Å². The number of ether oxygens (including phenoxy) is 5. The van der Waals surface area contributed by atoms with Gasteiger partial charge in [0, 0.05) is 17.5 Å². The van der Waals surface area contributed by atoms with Crippen molar-refractivity contribution < 1.29 is 38.0 Å². The van der Waals surface area contributed by atoms with Gasteiger partial charge in [-0.2, -0.15) is 0 Å². The lowest BCUT2D eigenvalue weighted by Gasteiger charge is -2.40. The Morgan fingerprint density at radius 3 is 2.38 bits per heavy atom. The second kappa shape index (κ2) is 8.92. The van der Waals surface area contributed by atoms with E-state index in [1.807, 2.05) is 12.1 Å². The Labute approximate surface area is 216 Å². The van der Waals surface area contributed by atoms with Crippen LogP contribution in [0.1, 0.15) is 28.7 Å². The first-order chi connectivity index (χ1) is 17.9. The van der Waals surface area contributed by atoms with Crippen LogP contribution in [0.4, 0.5) is 10.1 Å². The molecule has 10 heteroatoms. The molecule has 0 spiro atoms. The van der Waals surface area contributed by atoms with Gasteiger partial charge < -0.3 is 34.1 Å². The summed E-state index contributed by atoms with van der Waals surface area (Å²) in [5, 5.41) is 14.2. The summed E-state index contributed by atoms with van der Waals surface area (Å²) in [7, 11) is 2.82. The summed E-state index contributed by atoms with van der Waals surface area (Å²) in [4.78, 5) is 13.3. The smallest absolute Gasteiger partial charge is 0.310 e. The second-order valence-electron chi connectivity index (χ2n) is 9.12. The van der Waals surface area contributed by atoms with Gasteiger partial charge in [-0.25, -0.2) is 4.39 Å². The Morgan fingerprint density at radius 2 is 1.70 bits per heavy atom. The average molecular weight is 528 g/mol. The lowest BCUT2D eigenvalue weighted by atomic mass is 9.65. The maximum Gasteiger partial charge on any atom is 0.310 e. The highest BCUT2D eigenvalue weighted by Gasteiger charge is 2.53. The van der Waals surface area contributed by atoms with Gasteiger partial charge in [0.05, 0.1) is 37.8 Å². The molecule has 8 nitrogen and oxygen atoms in total. The molecule has 3 aromatic rings. The lowest BCUT2D eigenvalue weighted by molar-refractivity contribution is -0.141. The number of phenols is 1. The zero-order valence-corrected chi connectivity index (χ0v) is 20.7. The van der Waals surface area contributed by atoms with E-state index >= 15 is 0 Å². The Balaban J connectivity index is 1.57. The van der Waals surface area contributed by atoms with Crippen LogP contribution < -0.4 is 24.3 Å². The van der Waals surface area contributed by atoms with Gasteiger partial charge in [-0.15, -0.1) is 0 Å². The first-order valence-corrected chi connectivity index (χ1v) is 12.0. The molecule has 37 heavy (non-hydrogen) atoms. The van der Waals surface area contributed by atoms with Crippen LogP contribution in [0.3, 0.4) is 0 Å². The van der Waals surface area contributed by atoms with E-state index in [9.17, 15) is 14.3 Å². The third-order valence-corrected chi connectivity index (χ3v) is 7.69. The summed E-state index contributed by atoms with van der Waals surface area (Å²) in [6.45, 7) is 0.256. The molecule has 0 aromatic heterocycles. The normalized spacial score (nSPS) is 23.2. The van der Waals surface area contributed by atoms with Crippen molar-refractivity contribution in [2.75, 3.05) is 32.9 Å². The Hall–Kier alpha value is -3.85. The van der Waals surface area contributed by atoms with E-state index in [-0.39, 0.29) is 59.4 Å². The zero-order chi connectivity index (χ0) is 25.8. The molecule has 3 aromatic carbocycles. The molecular formula is C27H23ClFNO7. The van der Waals surface area contributed by atoms with Gasteiger partial charge in [-0.1, -0.05) is 11.6 Å². The molecule has 0 amide bonds. The van der Waals surface area contributed by atoms with Crippen LogP contribution in [0.5, 0.6) is 28.7 Å². The van der Waals surface area contributed by atoms with E-state index in [0.717, 1.165) is 11.1 Å². The number of rotatable bonds is 5. The Morgan fingerprint density at radius 1 is 1.00 bits per heavy atom. The van der Waals surface area contributed by atoms with Crippen molar-refractivity contribution in [3.05, 3.63) is 70.0 Å². The minimum absolute atomic E-state index is 0.0489. The summed E-state index contributed by atoms with van der Waals surface area (Å²) in [6, 6.07) is 11.0. The number of aromatic hydroxyl groups is 1. The molecule has 1 fully saturated rings. The highest BCUT2D eigenvalue weighted by molar-refractivity contribution is 6.33. The Kier molecular flexibility index (Phi) is 5.67. The number of fused-ring (bicyclic) bond motifs is 3. The molecule has 1 aliphatic carbocycles. The van der Waals surface area contributed by atoms with Crippen LogP contribution >= 0.6 is 11.6 Å². The summed E-state index contributed by atoms with van der Waals surface area (Å²) in [6.07, 6.45) is 0. The number of hydrogen-bond donors (Lipinski definition) is 2. The van der Waals surface area contributed by atoms with Crippen LogP contribution in [0.2, 0.25) is 5.02 Å². The first-order valence-electron chi connectivity index (χ1n) is 11.7. The van der Waals surface area contributed by atoms with Gasteiger partial charge >= 0.3 is 5.97 Å². The number of methoxy groups -OCH3 is 2. The van der Waals surface area contributed by atoms with Crippen molar-refractivity contribution in [3.63, 3.8) is 0 Å². The molecule has 0 saturated carbocycles. The van der Waals surface area contributed by atoms with Crippen molar-refractivity contribution in [1.29, 1.82) is 0 Å². The summed E-state index contributed by atoms with van der Waals surface area (Å²) < 4.78 is 41.3. The van der Waals surface area contributed by atoms with Gasteiger partial charge in [-0.05, 0) is 59.2 Å². The number of cyclic esters (lactones) is 1. The number of carbonyl (C=O) groups excluding carboxylic acids is 1. The monoisotopic (exact) mass is 527 g/mol. The molecule has 3 aliphatic rings. The first kappa shape index (κ1) is 23.5. The van der Waals surface area contributed by atoms with Crippen molar-refractivity contribution in [1.82, 2.24) is 0 Å². The van der Waals surface area contributed by atoms with Crippen molar-refractivity contribution in [2.45, 2.75) is 12.0 Å². The highest BCUT2D eigenvalue weighted by Crippen LogP contribution is 2.58. The number of carbonyl (C=O) groups is 1. The highest BCUT2D eigenvalue weighted by atomic mass is 35.5. The lowest BCUT2D eigenvalue weighted by Crippen LogP contribution is -2.37. The van der Waals surface area contributed by atoms with Gasteiger partial charge in [-0.3, -0.25) is 4.79 Å². The number of phenolic OH excluding ortho intramolecular Hbond substituents is 1. The van der Waals surface area contributed by atoms with E-state index in [4.69, 9.17) is 35.3 Å².